The Bertz CT molecular complexity index is 369. The van der Waals surface area contributed by atoms with Crippen LogP contribution in [0.25, 0.3) is 0 Å². The molecule has 1 aromatic rings. The van der Waals surface area contributed by atoms with Crippen LogP contribution in [0.1, 0.15) is 37.8 Å². The van der Waals surface area contributed by atoms with Crippen LogP contribution >= 0.6 is 0 Å². The number of rotatable bonds is 5. The van der Waals surface area contributed by atoms with E-state index in [1.165, 1.54) is 6.42 Å². The van der Waals surface area contributed by atoms with Crippen molar-refractivity contribution < 1.29 is 9.47 Å². The summed E-state index contributed by atoms with van der Waals surface area (Å²) < 4.78 is 11.1. The van der Waals surface area contributed by atoms with E-state index in [0.29, 0.717) is 6.61 Å². The van der Waals surface area contributed by atoms with Crippen molar-refractivity contribution in [1.29, 1.82) is 0 Å². The fraction of sp³-hybridized carbons (Fsp3) is 0.571. The lowest BCUT2D eigenvalue weighted by Gasteiger charge is -2.45. The topological polar surface area (TPSA) is 44.5 Å². The number of ether oxygens (including phenoxy) is 2. The highest BCUT2D eigenvalue weighted by Gasteiger charge is 2.43. The molecule has 1 aliphatic rings. The SMILES string of the molecule is CCOc1cccc(C(N)C2(OC)CCC2)c1. The van der Waals surface area contributed by atoms with Gasteiger partial charge in [-0.2, -0.15) is 0 Å². The van der Waals surface area contributed by atoms with Crippen molar-refractivity contribution in [3.63, 3.8) is 0 Å². The molecule has 1 unspecified atom stereocenters. The molecule has 0 heterocycles. The highest BCUT2D eigenvalue weighted by Crippen LogP contribution is 2.43. The van der Waals surface area contributed by atoms with Gasteiger partial charge in [0.1, 0.15) is 5.75 Å². The van der Waals surface area contributed by atoms with Crippen molar-refractivity contribution in [2.75, 3.05) is 13.7 Å². The molecule has 2 N–H and O–H groups in total. The molecule has 0 bridgehead atoms. The Balaban J connectivity index is 2.18. The lowest BCUT2D eigenvalue weighted by Crippen LogP contribution is -2.48. The number of hydrogen-bond acceptors (Lipinski definition) is 3. The second-order valence-electron chi connectivity index (χ2n) is 4.61. The molecular weight excluding hydrogens is 214 g/mol. The molecule has 0 saturated heterocycles. The molecule has 94 valence electrons. The van der Waals surface area contributed by atoms with Crippen molar-refractivity contribution in [3.05, 3.63) is 29.8 Å². The summed E-state index contributed by atoms with van der Waals surface area (Å²) in [4.78, 5) is 0. The minimum atomic E-state index is -0.162. The van der Waals surface area contributed by atoms with E-state index in [1.807, 2.05) is 31.2 Å². The van der Waals surface area contributed by atoms with Crippen molar-refractivity contribution in [2.24, 2.45) is 5.73 Å². The van der Waals surface area contributed by atoms with Crippen LogP contribution in [0, 0.1) is 0 Å². The van der Waals surface area contributed by atoms with Crippen LogP contribution in [0.3, 0.4) is 0 Å². The van der Waals surface area contributed by atoms with Gasteiger partial charge in [-0.1, -0.05) is 12.1 Å². The van der Waals surface area contributed by atoms with E-state index in [1.54, 1.807) is 7.11 Å². The fourth-order valence-corrected chi connectivity index (χ4v) is 2.44. The van der Waals surface area contributed by atoms with Crippen LogP contribution < -0.4 is 10.5 Å². The maximum Gasteiger partial charge on any atom is 0.119 e. The lowest BCUT2D eigenvalue weighted by molar-refractivity contribution is -0.0911. The molecule has 1 fully saturated rings. The first-order valence-electron chi connectivity index (χ1n) is 6.25. The maximum absolute atomic E-state index is 6.33. The van der Waals surface area contributed by atoms with Crippen LogP contribution in [-0.2, 0) is 4.74 Å². The Labute approximate surface area is 103 Å². The molecule has 3 nitrogen and oxygen atoms in total. The summed E-state index contributed by atoms with van der Waals surface area (Å²) in [5.41, 5.74) is 7.26. The summed E-state index contributed by atoms with van der Waals surface area (Å²) >= 11 is 0. The van der Waals surface area contributed by atoms with E-state index in [-0.39, 0.29) is 11.6 Å². The Morgan fingerprint density at radius 2 is 2.18 bits per heavy atom. The Morgan fingerprint density at radius 1 is 1.41 bits per heavy atom. The van der Waals surface area contributed by atoms with Gasteiger partial charge in [-0.05, 0) is 43.9 Å². The third-order valence-corrected chi connectivity index (χ3v) is 3.70. The van der Waals surface area contributed by atoms with Gasteiger partial charge in [-0.15, -0.1) is 0 Å². The van der Waals surface area contributed by atoms with Gasteiger partial charge in [0.2, 0.25) is 0 Å². The molecule has 1 atom stereocenters. The predicted octanol–water partition coefficient (Wildman–Crippen LogP) is 2.65. The zero-order valence-electron chi connectivity index (χ0n) is 10.6. The van der Waals surface area contributed by atoms with Crippen molar-refractivity contribution in [2.45, 2.75) is 37.8 Å². The summed E-state index contributed by atoms with van der Waals surface area (Å²) in [6.45, 7) is 2.66. The van der Waals surface area contributed by atoms with Crippen LogP contribution in [-0.4, -0.2) is 19.3 Å². The van der Waals surface area contributed by atoms with E-state index in [4.69, 9.17) is 15.2 Å². The number of nitrogens with two attached hydrogens (primary N) is 1. The van der Waals surface area contributed by atoms with Crippen molar-refractivity contribution in [3.8, 4) is 5.75 Å². The van der Waals surface area contributed by atoms with Crippen LogP contribution in [0.15, 0.2) is 24.3 Å². The summed E-state index contributed by atoms with van der Waals surface area (Å²) in [5.74, 6) is 0.881. The largest absolute Gasteiger partial charge is 0.494 e. The molecule has 0 spiro atoms. The molecule has 17 heavy (non-hydrogen) atoms. The molecule has 1 saturated carbocycles. The second kappa shape index (κ2) is 5.07. The normalized spacial score (nSPS) is 19.5. The van der Waals surface area contributed by atoms with Gasteiger partial charge in [0.05, 0.1) is 18.2 Å². The van der Waals surface area contributed by atoms with E-state index >= 15 is 0 Å². The zero-order valence-corrected chi connectivity index (χ0v) is 10.6. The van der Waals surface area contributed by atoms with Crippen LogP contribution in [0.2, 0.25) is 0 Å². The van der Waals surface area contributed by atoms with Crippen molar-refractivity contribution in [1.82, 2.24) is 0 Å². The molecule has 1 aliphatic carbocycles. The molecule has 1 aromatic carbocycles. The number of methoxy groups -OCH3 is 1. The second-order valence-corrected chi connectivity index (χ2v) is 4.61. The first-order valence-corrected chi connectivity index (χ1v) is 6.25. The molecule has 0 amide bonds. The van der Waals surface area contributed by atoms with Gasteiger partial charge in [0.25, 0.3) is 0 Å². The van der Waals surface area contributed by atoms with Gasteiger partial charge >= 0.3 is 0 Å². The fourth-order valence-electron chi connectivity index (χ4n) is 2.44. The van der Waals surface area contributed by atoms with Crippen LogP contribution in [0.5, 0.6) is 5.75 Å². The summed E-state index contributed by atoms with van der Waals surface area (Å²) in [6.07, 6.45) is 3.29. The zero-order chi connectivity index (χ0) is 12.3. The minimum Gasteiger partial charge on any atom is -0.494 e. The maximum atomic E-state index is 6.33. The highest BCUT2D eigenvalue weighted by atomic mass is 16.5. The Kier molecular flexibility index (Phi) is 3.69. The molecular formula is C14H21NO2. The molecule has 3 heteroatoms. The lowest BCUT2D eigenvalue weighted by atomic mass is 9.72. The summed E-state index contributed by atoms with van der Waals surface area (Å²) in [7, 11) is 1.76. The Hall–Kier alpha value is -1.06. The number of hydrogen-bond donors (Lipinski definition) is 1. The average molecular weight is 235 g/mol. The minimum absolute atomic E-state index is 0.0679. The third-order valence-electron chi connectivity index (χ3n) is 3.70. The number of benzene rings is 1. The molecule has 0 aliphatic heterocycles. The van der Waals surface area contributed by atoms with Gasteiger partial charge < -0.3 is 15.2 Å². The summed E-state index contributed by atoms with van der Waals surface area (Å²) in [6, 6.07) is 7.95. The quantitative estimate of drug-likeness (QED) is 0.853. The van der Waals surface area contributed by atoms with E-state index in [9.17, 15) is 0 Å². The highest BCUT2D eigenvalue weighted by molar-refractivity contribution is 5.32. The first kappa shape index (κ1) is 12.4. The summed E-state index contributed by atoms with van der Waals surface area (Å²) in [5, 5.41) is 0. The monoisotopic (exact) mass is 235 g/mol. The molecule has 0 radical (unpaired) electrons. The van der Waals surface area contributed by atoms with Crippen LogP contribution in [0.4, 0.5) is 0 Å². The van der Waals surface area contributed by atoms with Gasteiger partial charge in [-0.3, -0.25) is 0 Å². The van der Waals surface area contributed by atoms with Gasteiger partial charge in [0, 0.05) is 7.11 Å². The van der Waals surface area contributed by atoms with E-state index in [0.717, 1.165) is 24.2 Å². The molecule has 0 aromatic heterocycles. The van der Waals surface area contributed by atoms with Gasteiger partial charge in [0.15, 0.2) is 0 Å². The van der Waals surface area contributed by atoms with Gasteiger partial charge in [-0.25, -0.2) is 0 Å². The average Bonchev–Trinajstić information content (AvgIpc) is 2.29. The smallest absolute Gasteiger partial charge is 0.119 e. The van der Waals surface area contributed by atoms with E-state index in [2.05, 4.69) is 0 Å². The standard InChI is InChI=1S/C14H21NO2/c1-3-17-12-7-4-6-11(10-12)13(15)14(16-2)8-5-9-14/h4,6-7,10,13H,3,5,8-9,15H2,1-2H3. The van der Waals surface area contributed by atoms with Crippen molar-refractivity contribution >= 4 is 0 Å². The first-order chi connectivity index (χ1) is 8.22. The Morgan fingerprint density at radius 3 is 2.71 bits per heavy atom. The third kappa shape index (κ3) is 2.31. The predicted molar refractivity (Wildman–Crippen MR) is 68.1 cm³/mol. The van der Waals surface area contributed by atoms with E-state index < -0.39 is 0 Å². The molecule has 2 rings (SSSR count).